The number of ether oxygens (including phenoxy) is 1. The van der Waals surface area contributed by atoms with Gasteiger partial charge in [-0.2, -0.15) is 13.2 Å². The molecule has 0 aliphatic carbocycles. The molecule has 0 saturated heterocycles. The average Bonchev–Trinajstić information content (AvgIpc) is 3.17. The molecule has 1 heterocycles. The molecule has 0 fully saturated rings. The molecule has 0 radical (unpaired) electrons. The number of alkyl halides is 3. The molecular weight excluding hydrogens is 432 g/mol. The van der Waals surface area contributed by atoms with E-state index in [1.54, 1.807) is 6.07 Å². The van der Waals surface area contributed by atoms with Gasteiger partial charge in [0, 0.05) is 17.0 Å². The summed E-state index contributed by atoms with van der Waals surface area (Å²) in [6.45, 7) is -0.839. The molecule has 158 valence electrons. The third kappa shape index (κ3) is 5.26. The highest BCUT2D eigenvalue weighted by Gasteiger charge is 2.35. The largest absolute Gasteiger partial charge is 0.453 e. The smallest absolute Gasteiger partial charge is 0.418 e. The summed E-state index contributed by atoms with van der Waals surface area (Å²) in [4.78, 5) is 28.9. The van der Waals surface area contributed by atoms with Gasteiger partial charge in [0.05, 0.1) is 17.0 Å². The van der Waals surface area contributed by atoms with Crippen LogP contribution < -0.4 is 5.32 Å². The summed E-state index contributed by atoms with van der Waals surface area (Å²) in [5, 5.41) is 5.57. The number of halogens is 5. The molecule has 1 atom stereocenters. The second kappa shape index (κ2) is 8.70. The van der Waals surface area contributed by atoms with Crippen LogP contribution in [0.3, 0.4) is 0 Å². The van der Waals surface area contributed by atoms with Gasteiger partial charge in [0.25, 0.3) is 5.91 Å². The van der Waals surface area contributed by atoms with Gasteiger partial charge in [-0.1, -0.05) is 28.9 Å². The molecule has 3 rings (SSSR count). The Hall–Kier alpha value is -3.14. The molecule has 30 heavy (non-hydrogen) atoms. The van der Waals surface area contributed by atoms with Gasteiger partial charge < -0.3 is 14.9 Å². The van der Waals surface area contributed by atoms with Crippen LogP contribution in [-0.2, 0) is 25.3 Å². The fraction of sp³-hybridized carbons (Fsp3) is 0.211. The van der Waals surface area contributed by atoms with Crippen molar-refractivity contribution in [2.24, 2.45) is 5.16 Å². The van der Waals surface area contributed by atoms with Gasteiger partial charge in [-0.25, -0.2) is 9.18 Å². The number of nitrogens with zero attached hydrogens (tertiary/aromatic N) is 1. The van der Waals surface area contributed by atoms with Crippen molar-refractivity contribution in [3.05, 3.63) is 64.4 Å². The van der Waals surface area contributed by atoms with Crippen LogP contribution in [-0.4, -0.2) is 30.3 Å². The number of hydrogen-bond acceptors (Lipinski definition) is 5. The number of hydrogen-bond donors (Lipinski definition) is 1. The van der Waals surface area contributed by atoms with Gasteiger partial charge in [-0.3, -0.25) is 4.79 Å². The first kappa shape index (κ1) is 21.6. The number of esters is 1. The molecule has 1 aliphatic rings. The summed E-state index contributed by atoms with van der Waals surface area (Å²) in [5.74, 6) is -2.41. The molecule has 1 amide bonds. The van der Waals surface area contributed by atoms with E-state index in [0.717, 1.165) is 6.07 Å². The number of benzene rings is 2. The van der Waals surface area contributed by atoms with E-state index in [4.69, 9.17) is 21.2 Å². The summed E-state index contributed by atoms with van der Waals surface area (Å²) >= 11 is 5.57. The first-order valence-electron chi connectivity index (χ1n) is 8.45. The van der Waals surface area contributed by atoms with Crippen LogP contribution in [0, 0.1) is 5.82 Å². The van der Waals surface area contributed by atoms with E-state index in [-0.39, 0.29) is 11.4 Å². The Bertz CT molecular complexity index is 1010. The summed E-state index contributed by atoms with van der Waals surface area (Å²) in [5.41, 5.74) is -0.925. The summed E-state index contributed by atoms with van der Waals surface area (Å²) in [6.07, 6.45) is -5.91. The predicted octanol–water partition coefficient (Wildman–Crippen LogP) is 4.17. The number of carbonyl (C=O) groups excluding carboxylic acids is 2. The van der Waals surface area contributed by atoms with Gasteiger partial charge in [-0.05, 0) is 30.3 Å². The maximum atomic E-state index is 13.3. The standard InChI is InChI=1S/C19H13ClF4N2O4/c20-11-4-5-14(13(7-11)19(22,23)24)25-17(27)9-29-18(28)16-8-15(26-30-16)10-2-1-3-12(21)6-10/h1-7,16H,8-9H2,(H,25,27). The van der Waals surface area contributed by atoms with Crippen molar-refractivity contribution in [3.8, 4) is 0 Å². The molecular formula is C19H13ClF4N2O4. The second-order valence-corrected chi connectivity index (χ2v) is 6.63. The SMILES string of the molecule is O=C(COC(=O)C1CC(c2cccc(F)c2)=NO1)Nc1ccc(Cl)cc1C(F)(F)F. The van der Waals surface area contributed by atoms with Crippen LogP contribution in [0.15, 0.2) is 47.6 Å². The van der Waals surface area contributed by atoms with E-state index >= 15 is 0 Å². The fourth-order valence-electron chi connectivity index (χ4n) is 2.62. The quantitative estimate of drug-likeness (QED) is 0.554. The molecule has 1 N–H and O–H groups in total. The summed E-state index contributed by atoms with van der Waals surface area (Å²) in [6, 6.07) is 8.34. The Morgan fingerprint density at radius 2 is 2.00 bits per heavy atom. The zero-order chi connectivity index (χ0) is 21.9. The van der Waals surface area contributed by atoms with Crippen LogP contribution in [0.5, 0.6) is 0 Å². The molecule has 1 aliphatic heterocycles. The molecule has 0 saturated carbocycles. The maximum Gasteiger partial charge on any atom is 0.418 e. The molecule has 1 unspecified atom stereocenters. The van der Waals surface area contributed by atoms with Gasteiger partial charge in [0.1, 0.15) is 5.82 Å². The van der Waals surface area contributed by atoms with Gasteiger partial charge in [-0.15, -0.1) is 0 Å². The van der Waals surface area contributed by atoms with Crippen LogP contribution in [0.25, 0.3) is 0 Å². The third-order valence-corrected chi connectivity index (χ3v) is 4.23. The van der Waals surface area contributed by atoms with Crippen molar-refractivity contribution in [1.29, 1.82) is 0 Å². The van der Waals surface area contributed by atoms with Crippen molar-refractivity contribution in [1.82, 2.24) is 0 Å². The van der Waals surface area contributed by atoms with Crippen molar-refractivity contribution in [2.45, 2.75) is 18.7 Å². The van der Waals surface area contributed by atoms with Crippen LogP contribution >= 0.6 is 11.6 Å². The number of anilines is 1. The zero-order valence-electron chi connectivity index (χ0n) is 15.0. The number of carbonyl (C=O) groups is 2. The Balaban J connectivity index is 1.54. The molecule has 2 aromatic rings. The van der Waals surface area contributed by atoms with Crippen LogP contribution in [0.1, 0.15) is 17.5 Å². The highest BCUT2D eigenvalue weighted by Crippen LogP contribution is 2.36. The predicted molar refractivity (Wildman–Crippen MR) is 98.5 cm³/mol. The van der Waals surface area contributed by atoms with E-state index in [1.807, 2.05) is 5.32 Å². The first-order chi connectivity index (χ1) is 14.1. The average molecular weight is 445 g/mol. The maximum absolute atomic E-state index is 13.3. The lowest BCUT2D eigenvalue weighted by atomic mass is 10.1. The Morgan fingerprint density at radius 3 is 2.70 bits per heavy atom. The molecule has 6 nitrogen and oxygen atoms in total. The first-order valence-corrected chi connectivity index (χ1v) is 8.83. The summed E-state index contributed by atoms with van der Waals surface area (Å²) in [7, 11) is 0. The minimum Gasteiger partial charge on any atom is -0.453 e. The monoisotopic (exact) mass is 444 g/mol. The van der Waals surface area contributed by atoms with Gasteiger partial charge in [0.2, 0.25) is 6.10 Å². The third-order valence-electron chi connectivity index (χ3n) is 4.00. The summed E-state index contributed by atoms with van der Waals surface area (Å²) < 4.78 is 57.2. The van der Waals surface area contributed by atoms with Crippen molar-refractivity contribution < 1.29 is 36.7 Å². The number of amides is 1. The van der Waals surface area contributed by atoms with Crippen LogP contribution in [0.4, 0.5) is 23.2 Å². The van der Waals surface area contributed by atoms with Crippen molar-refractivity contribution in [2.75, 3.05) is 11.9 Å². The second-order valence-electron chi connectivity index (χ2n) is 6.19. The molecule has 0 aromatic heterocycles. The molecule has 0 spiro atoms. The number of nitrogens with one attached hydrogen (secondary N) is 1. The number of rotatable bonds is 5. The minimum atomic E-state index is -4.74. The zero-order valence-corrected chi connectivity index (χ0v) is 15.8. The molecule has 2 aromatic carbocycles. The van der Waals surface area contributed by atoms with Gasteiger partial charge in [0.15, 0.2) is 6.61 Å². The van der Waals surface area contributed by atoms with E-state index in [2.05, 4.69) is 5.16 Å². The highest BCUT2D eigenvalue weighted by atomic mass is 35.5. The molecule has 11 heteroatoms. The lowest BCUT2D eigenvalue weighted by Gasteiger charge is -2.14. The lowest BCUT2D eigenvalue weighted by Crippen LogP contribution is -2.28. The Morgan fingerprint density at radius 1 is 1.23 bits per heavy atom. The Labute approximate surface area is 172 Å². The Kier molecular flexibility index (Phi) is 6.25. The molecule has 0 bridgehead atoms. The number of oxime groups is 1. The van der Waals surface area contributed by atoms with E-state index in [0.29, 0.717) is 17.3 Å². The van der Waals surface area contributed by atoms with E-state index in [1.165, 1.54) is 24.3 Å². The topological polar surface area (TPSA) is 77.0 Å². The van der Waals surface area contributed by atoms with E-state index < -0.39 is 47.8 Å². The van der Waals surface area contributed by atoms with Gasteiger partial charge >= 0.3 is 12.1 Å². The van der Waals surface area contributed by atoms with Crippen molar-refractivity contribution >= 4 is 34.9 Å². The van der Waals surface area contributed by atoms with Crippen LogP contribution in [0.2, 0.25) is 5.02 Å². The normalized spacial score (nSPS) is 15.9. The fourth-order valence-corrected chi connectivity index (χ4v) is 2.79. The van der Waals surface area contributed by atoms with E-state index in [9.17, 15) is 27.2 Å². The highest BCUT2D eigenvalue weighted by molar-refractivity contribution is 6.30. The van der Waals surface area contributed by atoms with Crippen molar-refractivity contribution in [3.63, 3.8) is 0 Å². The minimum absolute atomic E-state index is 0.0146. The lowest BCUT2D eigenvalue weighted by molar-refractivity contribution is -0.157.